The van der Waals surface area contributed by atoms with Gasteiger partial charge in [-0.15, -0.1) is 0 Å². The molecule has 17 heavy (non-hydrogen) atoms. The van der Waals surface area contributed by atoms with Crippen LogP contribution in [-0.2, 0) is 9.59 Å². The van der Waals surface area contributed by atoms with Gasteiger partial charge in [-0.05, 0) is 0 Å². The highest BCUT2D eigenvalue weighted by atomic mass is 16.4. The van der Waals surface area contributed by atoms with E-state index in [1.54, 1.807) is 6.07 Å². The Bertz CT molecular complexity index is 456. The molecule has 0 heterocycles. The lowest BCUT2D eigenvalue weighted by Gasteiger charge is -2.20. The van der Waals surface area contributed by atoms with Crippen LogP contribution in [0.25, 0.3) is 0 Å². The fraction of sp³-hybridized carbons (Fsp3) is 0.182. The Balaban J connectivity index is 3.12. The van der Waals surface area contributed by atoms with Gasteiger partial charge in [0.15, 0.2) is 11.3 Å². The van der Waals surface area contributed by atoms with Gasteiger partial charge in [0.1, 0.15) is 0 Å². The van der Waals surface area contributed by atoms with Crippen LogP contribution in [-0.4, -0.2) is 33.5 Å². The molecule has 1 aromatic rings. The summed E-state index contributed by atoms with van der Waals surface area (Å²) in [5.74, 6) is -4.03. The van der Waals surface area contributed by atoms with Crippen molar-refractivity contribution in [2.75, 3.05) is 0 Å². The maximum Gasteiger partial charge on any atom is 0.332 e. The number of rotatable bonds is 5. The van der Waals surface area contributed by atoms with E-state index < -0.39 is 29.7 Å². The number of carbonyl (C=O) groups is 3. The molecule has 0 unspecified atom stereocenters. The van der Waals surface area contributed by atoms with Crippen LogP contribution in [0.4, 0.5) is 0 Å². The number of carboxylic acids is 2. The molecule has 0 aromatic heterocycles. The number of aliphatic carboxylic acids is 2. The fourth-order valence-electron chi connectivity index (χ4n) is 1.34. The van der Waals surface area contributed by atoms with E-state index in [-0.39, 0.29) is 5.56 Å². The molecule has 0 aliphatic rings. The number of nitrogens with two attached hydrogens (primary N) is 1. The van der Waals surface area contributed by atoms with Gasteiger partial charge < -0.3 is 15.9 Å². The van der Waals surface area contributed by atoms with Crippen molar-refractivity contribution in [1.29, 1.82) is 0 Å². The zero-order chi connectivity index (χ0) is 13.1. The average Bonchev–Trinajstić information content (AvgIpc) is 2.28. The van der Waals surface area contributed by atoms with E-state index in [0.717, 1.165) is 0 Å². The summed E-state index contributed by atoms with van der Waals surface area (Å²) in [5, 5.41) is 17.5. The molecule has 6 heteroatoms. The van der Waals surface area contributed by atoms with E-state index in [0.29, 0.717) is 0 Å². The van der Waals surface area contributed by atoms with Gasteiger partial charge in [-0.3, -0.25) is 9.59 Å². The zero-order valence-electron chi connectivity index (χ0n) is 8.79. The normalized spacial score (nSPS) is 13.7. The van der Waals surface area contributed by atoms with Gasteiger partial charge in [-0.2, -0.15) is 0 Å². The molecule has 0 aliphatic carbocycles. The van der Waals surface area contributed by atoms with E-state index in [2.05, 4.69) is 0 Å². The summed E-state index contributed by atoms with van der Waals surface area (Å²) in [6, 6.07) is 7.49. The topological polar surface area (TPSA) is 118 Å². The van der Waals surface area contributed by atoms with E-state index in [4.69, 9.17) is 15.9 Å². The number of hydrogen-bond acceptors (Lipinski definition) is 4. The molecule has 1 aromatic carbocycles. The Kier molecular flexibility index (Phi) is 3.59. The standard InChI is InChI=1S/C11H11NO5/c12-11(10(16)17,6-8(13)14)9(15)7-4-2-1-3-5-7/h1-5H,6,12H2,(H,13,14)(H,16,17)/t11-/m1/s1. The molecule has 0 spiro atoms. The Morgan fingerprint density at radius 1 is 1.12 bits per heavy atom. The minimum atomic E-state index is -2.44. The van der Waals surface area contributed by atoms with Gasteiger partial charge in [0.05, 0.1) is 6.42 Å². The average molecular weight is 237 g/mol. The van der Waals surface area contributed by atoms with E-state index in [1.165, 1.54) is 24.3 Å². The van der Waals surface area contributed by atoms with Crippen molar-refractivity contribution in [3.8, 4) is 0 Å². The second-order valence-electron chi connectivity index (χ2n) is 3.54. The predicted octanol–water partition coefficient (Wildman–Crippen LogP) is 0.126. The minimum Gasteiger partial charge on any atom is -0.481 e. The smallest absolute Gasteiger partial charge is 0.332 e. The number of Topliss-reactive ketones (excluding diaryl/α,β-unsaturated/α-hetero) is 1. The van der Waals surface area contributed by atoms with Gasteiger partial charge in [0.25, 0.3) is 0 Å². The fourth-order valence-corrected chi connectivity index (χ4v) is 1.34. The highest BCUT2D eigenvalue weighted by molar-refractivity contribution is 6.17. The Labute approximate surface area is 96.7 Å². The second kappa shape index (κ2) is 4.75. The molecule has 0 radical (unpaired) electrons. The third-order valence-corrected chi connectivity index (χ3v) is 2.25. The van der Waals surface area contributed by atoms with Crippen LogP contribution in [0.1, 0.15) is 16.8 Å². The van der Waals surface area contributed by atoms with Gasteiger partial charge in [0.2, 0.25) is 0 Å². The Hall–Kier alpha value is -2.21. The number of carbonyl (C=O) groups excluding carboxylic acids is 1. The maximum atomic E-state index is 11.9. The van der Waals surface area contributed by atoms with Crippen LogP contribution >= 0.6 is 0 Å². The summed E-state index contributed by atoms with van der Waals surface area (Å²) in [4.78, 5) is 33.4. The van der Waals surface area contributed by atoms with Crippen LogP contribution in [0.2, 0.25) is 0 Å². The third kappa shape index (κ3) is 2.67. The van der Waals surface area contributed by atoms with Gasteiger partial charge in [0, 0.05) is 5.56 Å². The number of hydrogen-bond donors (Lipinski definition) is 3. The Morgan fingerprint density at radius 2 is 1.65 bits per heavy atom. The second-order valence-corrected chi connectivity index (χ2v) is 3.54. The molecular formula is C11H11NO5. The predicted molar refractivity (Wildman–Crippen MR) is 57.6 cm³/mol. The first-order chi connectivity index (χ1) is 7.88. The van der Waals surface area contributed by atoms with Crippen LogP contribution in [0.15, 0.2) is 30.3 Å². The summed E-state index contributed by atoms with van der Waals surface area (Å²) in [6.07, 6.45) is -0.962. The van der Waals surface area contributed by atoms with Crippen molar-refractivity contribution in [2.45, 2.75) is 12.0 Å². The summed E-state index contributed by atoms with van der Waals surface area (Å²) in [5.41, 5.74) is 3.02. The molecule has 0 saturated heterocycles. The summed E-state index contributed by atoms with van der Waals surface area (Å²) < 4.78 is 0. The van der Waals surface area contributed by atoms with Gasteiger partial charge in [-0.1, -0.05) is 30.3 Å². The highest BCUT2D eigenvalue weighted by Gasteiger charge is 2.44. The van der Waals surface area contributed by atoms with Crippen molar-refractivity contribution in [3.63, 3.8) is 0 Å². The molecule has 0 amide bonds. The van der Waals surface area contributed by atoms with Crippen molar-refractivity contribution >= 4 is 17.7 Å². The quantitative estimate of drug-likeness (QED) is 0.494. The summed E-state index contributed by atoms with van der Waals surface area (Å²) in [7, 11) is 0. The molecule has 0 fully saturated rings. The van der Waals surface area contributed by atoms with Crippen LogP contribution in [0, 0.1) is 0 Å². The first-order valence-corrected chi connectivity index (χ1v) is 4.72. The molecule has 1 rings (SSSR count). The van der Waals surface area contributed by atoms with Crippen LogP contribution in [0.5, 0.6) is 0 Å². The maximum absolute atomic E-state index is 11.9. The summed E-state index contributed by atoms with van der Waals surface area (Å²) in [6.45, 7) is 0. The molecule has 90 valence electrons. The summed E-state index contributed by atoms with van der Waals surface area (Å²) >= 11 is 0. The lowest BCUT2D eigenvalue weighted by molar-refractivity contribution is -0.147. The first-order valence-electron chi connectivity index (χ1n) is 4.72. The monoisotopic (exact) mass is 237 g/mol. The number of carboxylic acid groups (broad SMARTS) is 2. The van der Waals surface area contributed by atoms with Crippen molar-refractivity contribution < 1.29 is 24.6 Å². The van der Waals surface area contributed by atoms with Crippen LogP contribution in [0.3, 0.4) is 0 Å². The van der Waals surface area contributed by atoms with Crippen molar-refractivity contribution in [3.05, 3.63) is 35.9 Å². The van der Waals surface area contributed by atoms with E-state index in [1.807, 2.05) is 0 Å². The van der Waals surface area contributed by atoms with Gasteiger partial charge in [-0.25, -0.2) is 4.79 Å². The number of ketones is 1. The molecule has 0 bridgehead atoms. The lowest BCUT2D eigenvalue weighted by atomic mass is 9.87. The molecule has 6 nitrogen and oxygen atoms in total. The number of benzene rings is 1. The van der Waals surface area contributed by atoms with E-state index in [9.17, 15) is 14.4 Å². The lowest BCUT2D eigenvalue weighted by Crippen LogP contribution is -2.56. The molecule has 0 aliphatic heterocycles. The first kappa shape index (κ1) is 12.9. The third-order valence-electron chi connectivity index (χ3n) is 2.25. The molecular weight excluding hydrogens is 226 g/mol. The van der Waals surface area contributed by atoms with Crippen molar-refractivity contribution in [1.82, 2.24) is 0 Å². The molecule has 4 N–H and O–H groups in total. The largest absolute Gasteiger partial charge is 0.481 e. The molecule has 1 atom stereocenters. The SMILES string of the molecule is N[C@@](CC(=O)O)(C(=O)O)C(=O)c1ccccc1. The minimum absolute atomic E-state index is 0.0682. The van der Waals surface area contributed by atoms with E-state index >= 15 is 0 Å². The highest BCUT2D eigenvalue weighted by Crippen LogP contribution is 2.15. The van der Waals surface area contributed by atoms with Crippen molar-refractivity contribution in [2.24, 2.45) is 5.73 Å². The Morgan fingerprint density at radius 3 is 2.06 bits per heavy atom. The van der Waals surface area contributed by atoms with Crippen LogP contribution < -0.4 is 5.73 Å². The zero-order valence-corrected chi connectivity index (χ0v) is 8.79. The van der Waals surface area contributed by atoms with Gasteiger partial charge >= 0.3 is 11.9 Å². The molecule has 0 saturated carbocycles.